The molecule has 0 aliphatic heterocycles. The van der Waals surface area contributed by atoms with Gasteiger partial charge in [0.05, 0.1) is 13.7 Å². The van der Waals surface area contributed by atoms with Crippen LogP contribution in [-0.2, 0) is 30.6 Å². The van der Waals surface area contributed by atoms with Gasteiger partial charge >= 0.3 is 5.97 Å². The summed E-state index contributed by atoms with van der Waals surface area (Å²) in [6.07, 6.45) is 3.06. The Bertz CT molecular complexity index is 1450. The van der Waals surface area contributed by atoms with Crippen LogP contribution in [0.5, 0.6) is 11.5 Å². The van der Waals surface area contributed by atoms with E-state index in [1.165, 1.54) is 0 Å². The molecule has 39 heavy (non-hydrogen) atoms. The van der Waals surface area contributed by atoms with E-state index in [1.54, 1.807) is 31.4 Å². The van der Waals surface area contributed by atoms with Gasteiger partial charge < -0.3 is 19.1 Å². The standard InChI is InChI=1S/C32H39N3O4/c1-7-11-23-16-22(19-35-27(9-3)34-28-20(4)15-21(5)33-31(28)35)17-24(12-8-2)29(23)39-30(32(36)37)25-13-10-14-26(18-25)38-6/h10,13-18,30H,7-9,11-12,19H2,1-6H3,(H,36,37). The molecule has 0 aliphatic rings. The smallest absolute Gasteiger partial charge is 0.349 e. The maximum absolute atomic E-state index is 12.4. The van der Waals surface area contributed by atoms with Crippen LogP contribution in [0.3, 0.4) is 0 Å². The third-order valence-corrected chi connectivity index (χ3v) is 6.96. The lowest BCUT2D eigenvalue weighted by atomic mass is 9.97. The summed E-state index contributed by atoms with van der Waals surface area (Å²) in [7, 11) is 1.57. The minimum Gasteiger partial charge on any atom is -0.497 e. The second-order valence-corrected chi connectivity index (χ2v) is 10.1. The molecule has 2 heterocycles. The molecule has 0 aliphatic carbocycles. The summed E-state index contributed by atoms with van der Waals surface area (Å²) >= 11 is 0. The molecule has 4 rings (SSSR count). The van der Waals surface area contributed by atoms with Crippen molar-refractivity contribution in [2.75, 3.05) is 7.11 Å². The van der Waals surface area contributed by atoms with Gasteiger partial charge in [0.1, 0.15) is 22.8 Å². The van der Waals surface area contributed by atoms with Crippen LogP contribution in [0.1, 0.15) is 79.1 Å². The molecule has 0 amide bonds. The minimum atomic E-state index is -1.14. The van der Waals surface area contributed by atoms with E-state index in [9.17, 15) is 9.90 Å². The number of carbonyl (C=O) groups is 1. The lowest BCUT2D eigenvalue weighted by molar-refractivity contribution is -0.145. The first kappa shape index (κ1) is 28.1. The number of pyridine rings is 1. The van der Waals surface area contributed by atoms with Crippen molar-refractivity contribution in [2.24, 2.45) is 0 Å². The Kier molecular flexibility index (Phi) is 8.90. The topological polar surface area (TPSA) is 86.5 Å². The Hall–Kier alpha value is -3.87. The van der Waals surface area contributed by atoms with Crippen LogP contribution in [0, 0.1) is 13.8 Å². The number of aryl methyl sites for hydroxylation is 5. The van der Waals surface area contributed by atoms with Crippen molar-refractivity contribution in [3.05, 3.63) is 81.8 Å². The molecule has 0 saturated carbocycles. The zero-order valence-electron chi connectivity index (χ0n) is 23.9. The molecule has 4 aromatic rings. The summed E-state index contributed by atoms with van der Waals surface area (Å²) in [5.74, 6) is 1.24. The number of carboxylic acids is 1. The molecule has 0 radical (unpaired) electrons. The average Bonchev–Trinajstić information content (AvgIpc) is 3.26. The Balaban J connectivity index is 1.80. The number of benzene rings is 2. The molecule has 0 spiro atoms. The Morgan fingerprint density at radius 1 is 1.00 bits per heavy atom. The van der Waals surface area contributed by atoms with Crippen molar-refractivity contribution >= 4 is 17.1 Å². The summed E-state index contributed by atoms with van der Waals surface area (Å²) in [6.45, 7) is 11.1. The second-order valence-electron chi connectivity index (χ2n) is 10.1. The lowest BCUT2D eigenvalue weighted by Crippen LogP contribution is -2.20. The summed E-state index contributed by atoms with van der Waals surface area (Å²) in [4.78, 5) is 22.1. The van der Waals surface area contributed by atoms with Gasteiger partial charge in [0.15, 0.2) is 5.65 Å². The van der Waals surface area contributed by atoms with E-state index >= 15 is 0 Å². The highest BCUT2D eigenvalue weighted by Gasteiger charge is 2.26. The van der Waals surface area contributed by atoms with Gasteiger partial charge in [0.25, 0.3) is 0 Å². The summed E-state index contributed by atoms with van der Waals surface area (Å²) < 4.78 is 13.9. The summed E-state index contributed by atoms with van der Waals surface area (Å²) in [5, 5.41) is 10.1. The number of carboxylic acid groups (broad SMARTS) is 1. The number of imidazole rings is 1. The SMILES string of the molecule is CCCc1cc(Cn2c(CC)nc3c(C)cc(C)nc32)cc(CCC)c1OC(C(=O)O)c1cccc(OC)c1. The van der Waals surface area contributed by atoms with Crippen LogP contribution in [0.15, 0.2) is 42.5 Å². The number of nitrogens with zero attached hydrogens (tertiary/aromatic N) is 3. The first-order valence-corrected chi connectivity index (χ1v) is 13.8. The fraction of sp³-hybridized carbons (Fsp3) is 0.406. The fourth-order valence-electron chi connectivity index (χ4n) is 5.23. The molecule has 1 unspecified atom stereocenters. The molecular formula is C32H39N3O4. The van der Waals surface area contributed by atoms with Crippen molar-refractivity contribution in [1.82, 2.24) is 14.5 Å². The van der Waals surface area contributed by atoms with Crippen LogP contribution in [0.2, 0.25) is 0 Å². The van der Waals surface area contributed by atoms with E-state index < -0.39 is 12.1 Å². The van der Waals surface area contributed by atoms with E-state index in [1.807, 2.05) is 6.92 Å². The molecule has 206 valence electrons. The van der Waals surface area contributed by atoms with Gasteiger partial charge in [-0.1, -0.05) is 57.9 Å². The van der Waals surface area contributed by atoms with Crippen molar-refractivity contribution in [2.45, 2.75) is 79.4 Å². The van der Waals surface area contributed by atoms with Crippen LogP contribution >= 0.6 is 0 Å². The van der Waals surface area contributed by atoms with E-state index in [4.69, 9.17) is 19.4 Å². The van der Waals surface area contributed by atoms with Gasteiger partial charge in [-0.25, -0.2) is 14.8 Å². The molecule has 0 bridgehead atoms. The largest absolute Gasteiger partial charge is 0.497 e. The molecular weight excluding hydrogens is 490 g/mol. The highest BCUT2D eigenvalue weighted by Crippen LogP contribution is 2.34. The molecule has 0 saturated heterocycles. The molecule has 2 aromatic heterocycles. The normalized spacial score (nSPS) is 12.1. The molecule has 1 atom stereocenters. The van der Waals surface area contributed by atoms with Gasteiger partial charge in [0, 0.05) is 17.7 Å². The minimum absolute atomic E-state index is 0.546. The number of rotatable bonds is 12. The molecule has 0 fully saturated rings. The van der Waals surface area contributed by atoms with Crippen molar-refractivity contribution in [3.63, 3.8) is 0 Å². The monoisotopic (exact) mass is 529 g/mol. The third kappa shape index (κ3) is 6.08. The van der Waals surface area contributed by atoms with Crippen molar-refractivity contribution in [1.29, 1.82) is 0 Å². The van der Waals surface area contributed by atoms with E-state index in [0.29, 0.717) is 23.6 Å². The van der Waals surface area contributed by atoms with Gasteiger partial charge in [-0.2, -0.15) is 0 Å². The van der Waals surface area contributed by atoms with Crippen LogP contribution in [0.4, 0.5) is 0 Å². The molecule has 7 nitrogen and oxygen atoms in total. The van der Waals surface area contributed by atoms with Gasteiger partial charge in [-0.05, 0) is 67.1 Å². The maximum Gasteiger partial charge on any atom is 0.349 e. The fourth-order valence-corrected chi connectivity index (χ4v) is 5.23. The predicted molar refractivity (Wildman–Crippen MR) is 154 cm³/mol. The van der Waals surface area contributed by atoms with E-state index in [-0.39, 0.29) is 0 Å². The Morgan fingerprint density at radius 3 is 2.28 bits per heavy atom. The highest BCUT2D eigenvalue weighted by molar-refractivity contribution is 5.76. The van der Waals surface area contributed by atoms with Crippen LogP contribution in [0.25, 0.3) is 11.2 Å². The first-order chi connectivity index (χ1) is 18.8. The van der Waals surface area contributed by atoms with E-state index in [2.05, 4.69) is 50.5 Å². The number of ether oxygens (including phenoxy) is 2. The molecule has 7 heteroatoms. The average molecular weight is 530 g/mol. The molecule has 1 N–H and O–H groups in total. The number of aromatic nitrogens is 3. The number of fused-ring (bicyclic) bond motifs is 1. The van der Waals surface area contributed by atoms with E-state index in [0.717, 1.165) is 77.0 Å². The van der Waals surface area contributed by atoms with Crippen LogP contribution in [-0.4, -0.2) is 32.7 Å². The molecule has 2 aromatic carbocycles. The lowest BCUT2D eigenvalue weighted by Gasteiger charge is -2.22. The zero-order valence-corrected chi connectivity index (χ0v) is 23.9. The zero-order chi connectivity index (χ0) is 28.1. The number of methoxy groups -OCH3 is 1. The van der Waals surface area contributed by atoms with Crippen molar-refractivity contribution in [3.8, 4) is 11.5 Å². The quantitative estimate of drug-likeness (QED) is 0.218. The Labute approximate surface area is 230 Å². The second kappa shape index (κ2) is 12.3. The Morgan fingerprint density at radius 2 is 1.69 bits per heavy atom. The van der Waals surface area contributed by atoms with Gasteiger partial charge in [-0.3, -0.25) is 0 Å². The summed E-state index contributed by atoms with van der Waals surface area (Å²) in [6, 6.07) is 13.5. The first-order valence-electron chi connectivity index (χ1n) is 13.8. The third-order valence-electron chi connectivity index (χ3n) is 6.96. The summed E-state index contributed by atoms with van der Waals surface area (Å²) in [5.41, 5.74) is 7.69. The van der Waals surface area contributed by atoms with Gasteiger partial charge in [-0.15, -0.1) is 0 Å². The maximum atomic E-state index is 12.4. The number of aliphatic carboxylic acids is 1. The highest BCUT2D eigenvalue weighted by atomic mass is 16.5. The van der Waals surface area contributed by atoms with Gasteiger partial charge in [0.2, 0.25) is 6.10 Å². The van der Waals surface area contributed by atoms with Crippen LogP contribution < -0.4 is 9.47 Å². The van der Waals surface area contributed by atoms with Crippen molar-refractivity contribution < 1.29 is 19.4 Å². The number of hydrogen-bond acceptors (Lipinski definition) is 5. The predicted octanol–water partition coefficient (Wildman–Crippen LogP) is 6.78. The number of hydrogen-bond donors (Lipinski definition) is 1.